The van der Waals surface area contributed by atoms with Crippen molar-refractivity contribution < 1.29 is 12.8 Å². The molecule has 2 heterocycles. The summed E-state index contributed by atoms with van der Waals surface area (Å²) in [7, 11) is -4.06. The van der Waals surface area contributed by atoms with Crippen LogP contribution in [0, 0.1) is 12.7 Å². The summed E-state index contributed by atoms with van der Waals surface area (Å²) in [6.07, 6.45) is 1.53. The van der Waals surface area contributed by atoms with Crippen molar-refractivity contribution in [1.29, 1.82) is 0 Å². The van der Waals surface area contributed by atoms with E-state index < -0.39 is 10.0 Å². The number of benzene rings is 4. The van der Waals surface area contributed by atoms with Crippen LogP contribution in [-0.2, 0) is 10.0 Å². The van der Waals surface area contributed by atoms with Gasteiger partial charge in [0, 0.05) is 16.0 Å². The van der Waals surface area contributed by atoms with Crippen LogP contribution in [0.1, 0.15) is 5.56 Å². The van der Waals surface area contributed by atoms with Crippen LogP contribution in [0.3, 0.4) is 0 Å². The van der Waals surface area contributed by atoms with Crippen LogP contribution in [0.4, 0.5) is 10.2 Å². The molecule has 0 aliphatic carbocycles. The molecule has 0 atom stereocenters. The molecule has 5 nitrogen and oxygen atoms in total. The minimum absolute atomic E-state index is 0.0199. The molecule has 4 aromatic carbocycles. The van der Waals surface area contributed by atoms with Crippen LogP contribution in [0.5, 0.6) is 0 Å². The summed E-state index contributed by atoms with van der Waals surface area (Å²) in [6, 6.07) is 29.9. The van der Waals surface area contributed by atoms with E-state index in [1.54, 1.807) is 47.0 Å². The lowest BCUT2D eigenvalue weighted by atomic mass is 10.0. The quantitative estimate of drug-likeness (QED) is 0.178. The van der Waals surface area contributed by atoms with Crippen molar-refractivity contribution in [2.24, 2.45) is 0 Å². The number of sulfonamides is 1. The third kappa shape index (κ3) is 4.77. The van der Waals surface area contributed by atoms with E-state index in [2.05, 4.69) is 6.58 Å². The molecule has 6 rings (SSSR count). The highest BCUT2D eigenvalue weighted by Crippen LogP contribution is 2.42. The second kappa shape index (κ2) is 10.5. The van der Waals surface area contributed by atoms with Crippen LogP contribution in [0.2, 0.25) is 5.02 Å². The fraction of sp³-hybridized carbons (Fsp3) is 0.0606. The van der Waals surface area contributed by atoms with Gasteiger partial charge in [-0.3, -0.25) is 0 Å². The zero-order valence-electron chi connectivity index (χ0n) is 22.1. The molecule has 0 saturated carbocycles. The Morgan fingerprint density at radius 1 is 0.927 bits per heavy atom. The van der Waals surface area contributed by atoms with Crippen molar-refractivity contribution in [2.45, 2.75) is 11.8 Å². The second-order valence-electron chi connectivity index (χ2n) is 9.73. The number of anilines is 1. The van der Waals surface area contributed by atoms with E-state index in [0.717, 1.165) is 16.5 Å². The molecule has 0 unspecified atom stereocenters. The minimum Gasteiger partial charge on any atom is -0.244 e. The third-order valence-corrected chi connectivity index (χ3v) is 9.02. The number of fused-ring (bicyclic) bond motifs is 3. The van der Waals surface area contributed by atoms with Crippen molar-refractivity contribution in [3.05, 3.63) is 132 Å². The molecular weight excluding hydrogens is 557 g/mol. The molecule has 0 spiro atoms. The summed E-state index contributed by atoms with van der Waals surface area (Å²) in [5, 5.41) is 6.90. The predicted octanol–water partition coefficient (Wildman–Crippen LogP) is 8.30. The van der Waals surface area contributed by atoms with Crippen molar-refractivity contribution in [3.8, 4) is 22.4 Å². The van der Waals surface area contributed by atoms with Gasteiger partial charge >= 0.3 is 0 Å². The summed E-state index contributed by atoms with van der Waals surface area (Å²) in [4.78, 5) is 0.138. The van der Waals surface area contributed by atoms with Gasteiger partial charge in [-0.25, -0.2) is 21.6 Å². The SMILES string of the molecule is C=CCN(c1nn2c(-c3ccccc3)cc3cc(F)ccc3c2c1-c1ccc(Cl)cc1)S(=O)(=O)c1ccc(C)cc1. The van der Waals surface area contributed by atoms with Gasteiger partial charge in [-0.05, 0) is 66.4 Å². The topological polar surface area (TPSA) is 54.7 Å². The van der Waals surface area contributed by atoms with E-state index in [1.165, 1.54) is 22.5 Å². The lowest BCUT2D eigenvalue weighted by molar-refractivity contribution is 0.592. The Morgan fingerprint density at radius 2 is 1.63 bits per heavy atom. The van der Waals surface area contributed by atoms with Gasteiger partial charge in [0.05, 0.1) is 28.2 Å². The summed E-state index contributed by atoms with van der Waals surface area (Å²) < 4.78 is 45.9. The number of halogens is 2. The molecule has 6 aromatic rings. The molecule has 2 aromatic heterocycles. The van der Waals surface area contributed by atoms with Gasteiger partial charge < -0.3 is 0 Å². The molecule has 8 heteroatoms. The van der Waals surface area contributed by atoms with E-state index in [-0.39, 0.29) is 23.1 Å². The normalized spacial score (nSPS) is 11.7. The van der Waals surface area contributed by atoms with Gasteiger partial charge in [-0.2, -0.15) is 0 Å². The first-order valence-electron chi connectivity index (χ1n) is 12.9. The van der Waals surface area contributed by atoms with Crippen molar-refractivity contribution in [3.63, 3.8) is 0 Å². The second-order valence-corrected chi connectivity index (χ2v) is 12.0. The number of hydrogen-bond acceptors (Lipinski definition) is 3. The highest BCUT2D eigenvalue weighted by Gasteiger charge is 2.31. The lowest BCUT2D eigenvalue weighted by Gasteiger charge is -2.22. The van der Waals surface area contributed by atoms with E-state index in [4.69, 9.17) is 16.7 Å². The molecule has 0 aliphatic heterocycles. The summed E-state index contributed by atoms with van der Waals surface area (Å²) in [6.45, 7) is 5.72. The zero-order valence-corrected chi connectivity index (χ0v) is 23.7. The standard InChI is InChI=1S/C33H25ClFN3O2S/c1-3-19-37(41(39,40)28-16-9-22(2)10-17-28)33-31(24-11-13-26(34)14-12-24)32-29-18-15-27(35)20-25(29)21-30(38(32)36-33)23-7-5-4-6-8-23/h3-18,20-21H,1,19H2,2H3. The molecule has 41 heavy (non-hydrogen) atoms. The number of aryl methyl sites for hydroxylation is 1. The summed E-state index contributed by atoms with van der Waals surface area (Å²) in [5.74, 6) is -0.148. The first kappa shape index (κ1) is 26.7. The maximum atomic E-state index is 14.5. The van der Waals surface area contributed by atoms with Crippen molar-refractivity contribution in [2.75, 3.05) is 10.8 Å². The average Bonchev–Trinajstić information content (AvgIpc) is 3.36. The molecule has 0 radical (unpaired) electrons. The maximum Gasteiger partial charge on any atom is 0.265 e. The number of nitrogens with zero attached hydrogens (tertiary/aromatic N) is 3. The Kier molecular flexibility index (Phi) is 6.85. The lowest BCUT2D eigenvalue weighted by Crippen LogP contribution is -2.32. The molecule has 0 bridgehead atoms. The van der Waals surface area contributed by atoms with Crippen LogP contribution >= 0.6 is 11.6 Å². The van der Waals surface area contributed by atoms with Gasteiger partial charge in [0.1, 0.15) is 5.82 Å². The number of hydrogen-bond donors (Lipinski definition) is 0. The number of rotatable bonds is 7. The van der Waals surface area contributed by atoms with Gasteiger partial charge in [0.25, 0.3) is 10.0 Å². The highest BCUT2D eigenvalue weighted by molar-refractivity contribution is 7.92. The fourth-order valence-corrected chi connectivity index (χ4v) is 6.55. The van der Waals surface area contributed by atoms with Crippen LogP contribution < -0.4 is 4.31 Å². The molecule has 0 amide bonds. The van der Waals surface area contributed by atoms with E-state index >= 15 is 0 Å². The number of aromatic nitrogens is 2. The Morgan fingerprint density at radius 3 is 2.32 bits per heavy atom. The van der Waals surface area contributed by atoms with Gasteiger partial charge in [0.15, 0.2) is 5.82 Å². The molecule has 0 aliphatic rings. The van der Waals surface area contributed by atoms with Gasteiger partial charge in [-0.1, -0.05) is 77.8 Å². The predicted molar refractivity (Wildman–Crippen MR) is 164 cm³/mol. The average molecular weight is 582 g/mol. The Hall–Kier alpha value is -4.46. The van der Waals surface area contributed by atoms with Gasteiger partial charge in [0.2, 0.25) is 0 Å². The first-order valence-corrected chi connectivity index (χ1v) is 14.8. The summed E-state index contributed by atoms with van der Waals surface area (Å²) in [5.41, 5.74) is 4.41. The third-order valence-electron chi connectivity index (χ3n) is 7.00. The van der Waals surface area contributed by atoms with Crippen molar-refractivity contribution >= 4 is 43.7 Å². The zero-order chi connectivity index (χ0) is 28.7. The molecule has 0 N–H and O–H groups in total. The minimum atomic E-state index is -4.06. The van der Waals surface area contributed by atoms with Crippen molar-refractivity contribution in [1.82, 2.24) is 9.61 Å². The smallest absolute Gasteiger partial charge is 0.244 e. The van der Waals surface area contributed by atoms with Crippen LogP contribution in [-0.4, -0.2) is 24.6 Å². The van der Waals surface area contributed by atoms with Crippen LogP contribution in [0.15, 0.2) is 121 Å². The Labute approximate surface area is 242 Å². The monoisotopic (exact) mass is 581 g/mol. The Balaban J connectivity index is 1.76. The fourth-order valence-electron chi connectivity index (χ4n) is 5.03. The highest BCUT2D eigenvalue weighted by atomic mass is 35.5. The van der Waals surface area contributed by atoms with E-state index in [0.29, 0.717) is 32.7 Å². The molecule has 0 fully saturated rings. The summed E-state index contributed by atoms with van der Waals surface area (Å²) >= 11 is 6.24. The van der Waals surface area contributed by atoms with Crippen LogP contribution in [0.25, 0.3) is 38.7 Å². The first-order chi connectivity index (χ1) is 19.8. The largest absolute Gasteiger partial charge is 0.265 e. The van der Waals surface area contributed by atoms with E-state index in [1.807, 2.05) is 55.5 Å². The molecule has 204 valence electrons. The molecule has 0 saturated heterocycles. The molecular formula is C33H25ClFN3O2S. The Bertz CT molecular complexity index is 2020. The maximum absolute atomic E-state index is 14.5. The number of pyridine rings is 1. The van der Waals surface area contributed by atoms with E-state index in [9.17, 15) is 12.8 Å². The van der Waals surface area contributed by atoms with Gasteiger partial charge in [-0.15, -0.1) is 11.7 Å².